The van der Waals surface area contributed by atoms with E-state index in [9.17, 15) is 4.79 Å². The largest absolute Gasteiger partial charge is 0.497 e. The minimum Gasteiger partial charge on any atom is -0.497 e. The predicted octanol–water partition coefficient (Wildman–Crippen LogP) is 3.65. The Labute approximate surface area is 137 Å². The molecule has 1 aliphatic carbocycles. The normalized spacial score (nSPS) is 25.1. The molecule has 1 N–H and O–H groups in total. The number of anilines is 1. The highest BCUT2D eigenvalue weighted by molar-refractivity contribution is 5.85. The third kappa shape index (κ3) is 4.16. The summed E-state index contributed by atoms with van der Waals surface area (Å²) in [5.74, 6) is 0.718. The molecular weight excluding hydrogens is 292 g/mol. The summed E-state index contributed by atoms with van der Waals surface area (Å²) in [6.07, 6.45) is 6.64. The number of carbonyl (C=O) groups is 1. The molecule has 0 spiro atoms. The average molecular weight is 318 g/mol. The first-order valence-electron chi connectivity index (χ1n) is 8.62. The zero-order valence-electron chi connectivity index (χ0n) is 13.8. The maximum Gasteiger partial charge on any atom is 0.411 e. The molecule has 2 atom stereocenters. The van der Waals surface area contributed by atoms with E-state index < -0.39 is 0 Å². The van der Waals surface area contributed by atoms with Gasteiger partial charge in [0.05, 0.1) is 7.11 Å². The summed E-state index contributed by atoms with van der Waals surface area (Å²) < 4.78 is 10.9. The average Bonchev–Trinajstić information content (AvgIpc) is 3.10. The molecule has 0 bridgehead atoms. The number of likely N-dealkylation sites (tertiary alicyclic amines) is 1. The fourth-order valence-electron chi connectivity index (χ4n) is 3.69. The molecule has 1 aromatic carbocycles. The van der Waals surface area contributed by atoms with Crippen molar-refractivity contribution in [3.8, 4) is 5.75 Å². The van der Waals surface area contributed by atoms with E-state index in [2.05, 4.69) is 10.2 Å². The Morgan fingerprint density at radius 3 is 2.74 bits per heavy atom. The minimum absolute atomic E-state index is 0.00691. The molecule has 2 aliphatic rings. The lowest BCUT2D eigenvalue weighted by atomic mass is 9.91. The summed E-state index contributed by atoms with van der Waals surface area (Å²) in [6, 6.07) is 7.72. The van der Waals surface area contributed by atoms with E-state index in [0.29, 0.717) is 11.7 Å². The summed E-state index contributed by atoms with van der Waals surface area (Å²) in [7, 11) is 1.61. The van der Waals surface area contributed by atoms with Gasteiger partial charge in [-0.3, -0.25) is 10.2 Å². The summed E-state index contributed by atoms with van der Waals surface area (Å²) in [5, 5.41) is 2.82. The van der Waals surface area contributed by atoms with Gasteiger partial charge in [-0.2, -0.15) is 0 Å². The second-order valence-electron chi connectivity index (χ2n) is 6.40. The van der Waals surface area contributed by atoms with Crippen molar-refractivity contribution < 1.29 is 14.3 Å². The van der Waals surface area contributed by atoms with Crippen LogP contribution >= 0.6 is 0 Å². The van der Waals surface area contributed by atoms with Gasteiger partial charge in [-0.15, -0.1) is 0 Å². The second kappa shape index (κ2) is 7.68. The molecule has 5 heteroatoms. The lowest BCUT2D eigenvalue weighted by Crippen LogP contribution is -2.46. The standard InChI is InChI=1S/C18H26N2O3/c1-22-15-8-6-7-14(13-15)19-18(21)23-17-10-3-2-9-16(17)20-11-4-5-12-20/h6-8,13,16-17H,2-5,9-12H2,1H3,(H,19,21)/t16-,17-/m0/s1. The number of hydrogen-bond acceptors (Lipinski definition) is 4. The summed E-state index contributed by atoms with van der Waals surface area (Å²) >= 11 is 0. The van der Waals surface area contributed by atoms with E-state index in [-0.39, 0.29) is 12.2 Å². The molecule has 1 heterocycles. The third-order valence-electron chi connectivity index (χ3n) is 4.85. The number of rotatable bonds is 4. The number of nitrogens with zero attached hydrogens (tertiary/aromatic N) is 1. The van der Waals surface area contributed by atoms with Crippen molar-refractivity contribution in [1.29, 1.82) is 0 Å². The third-order valence-corrected chi connectivity index (χ3v) is 4.85. The SMILES string of the molecule is COc1cccc(NC(=O)O[C@H]2CCCC[C@@H]2N2CCCC2)c1. The van der Waals surface area contributed by atoms with E-state index in [4.69, 9.17) is 9.47 Å². The van der Waals surface area contributed by atoms with Gasteiger partial charge >= 0.3 is 6.09 Å². The summed E-state index contributed by atoms with van der Waals surface area (Å²) in [4.78, 5) is 14.8. The van der Waals surface area contributed by atoms with Gasteiger partial charge in [-0.05, 0) is 57.3 Å². The molecule has 0 aromatic heterocycles. The molecule has 1 saturated carbocycles. The van der Waals surface area contributed by atoms with Crippen LogP contribution in [0.1, 0.15) is 38.5 Å². The fraction of sp³-hybridized carbons (Fsp3) is 0.611. The summed E-state index contributed by atoms with van der Waals surface area (Å²) in [6.45, 7) is 2.28. The van der Waals surface area contributed by atoms with E-state index in [0.717, 1.165) is 38.1 Å². The van der Waals surface area contributed by atoms with E-state index in [1.165, 1.54) is 19.3 Å². The Kier molecular flexibility index (Phi) is 5.39. The van der Waals surface area contributed by atoms with Gasteiger partial charge < -0.3 is 9.47 Å². The minimum atomic E-state index is -0.366. The number of methoxy groups -OCH3 is 1. The van der Waals surface area contributed by atoms with Crippen molar-refractivity contribution in [1.82, 2.24) is 4.90 Å². The Balaban J connectivity index is 1.58. The van der Waals surface area contributed by atoms with E-state index in [1.807, 2.05) is 18.2 Å². The van der Waals surface area contributed by atoms with Gasteiger partial charge in [0.1, 0.15) is 11.9 Å². The van der Waals surface area contributed by atoms with E-state index >= 15 is 0 Å². The summed E-state index contributed by atoms with van der Waals surface area (Å²) in [5.41, 5.74) is 0.697. The van der Waals surface area contributed by atoms with Crippen LogP contribution in [0.15, 0.2) is 24.3 Å². The molecule has 1 saturated heterocycles. The smallest absolute Gasteiger partial charge is 0.411 e. The molecular formula is C18H26N2O3. The van der Waals surface area contributed by atoms with Crippen molar-refractivity contribution in [2.24, 2.45) is 0 Å². The van der Waals surface area contributed by atoms with Gasteiger partial charge in [-0.1, -0.05) is 12.5 Å². The number of amides is 1. The van der Waals surface area contributed by atoms with Crippen molar-refractivity contribution in [3.63, 3.8) is 0 Å². The van der Waals surface area contributed by atoms with Crippen molar-refractivity contribution in [3.05, 3.63) is 24.3 Å². The molecule has 0 unspecified atom stereocenters. The molecule has 23 heavy (non-hydrogen) atoms. The molecule has 2 fully saturated rings. The maximum absolute atomic E-state index is 12.2. The second-order valence-corrected chi connectivity index (χ2v) is 6.40. The molecule has 1 aliphatic heterocycles. The number of hydrogen-bond donors (Lipinski definition) is 1. The molecule has 5 nitrogen and oxygen atoms in total. The first-order chi connectivity index (χ1) is 11.3. The number of nitrogens with one attached hydrogen (secondary N) is 1. The van der Waals surface area contributed by atoms with Gasteiger partial charge in [0.25, 0.3) is 0 Å². The molecule has 126 valence electrons. The first-order valence-corrected chi connectivity index (χ1v) is 8.62. The van der Waals surface area contributed by atoms with Crippen LogP contribution < -0.4 is 10.1 Å². The van der Waals surface area contributed by atoms with Gasteiger partial charge in [0.15, 0.2) is 0 Å². The van der Waals surface area contributed by atoms with Crippen molar-refractivity contribution in [2.45, 2.75) is 50.7 Å². The van der Waals surface area contributed by atoms with Crippen molar-refractivity contribution >= 4 is 11.8 Å². The number of carbonyl (C=O) groups excluding carboxylic acids is 1. The Morgan fingerprint density at radius 1 is 1.17 bits per heavy atom. The van der Waals surface area contributed by atoms with Gasteiger partial charge in [0, 0.05) is 17.8 Å². The number of ether oxygens (including phenoxy) is 2. The fourth-order valence-corrected chi connectivity index (χ4v) is 3.69. The molecule has 0 radical (unpaired) electrons. The van der Waals surface area contributed by atoms with Crippen LogP contribution in [-0.2, 0) is 4.74 Å². The van der Waals surface area contributed by atoms with Gasteiger partial charge in [0.2, 0.25) is 0 Å². The van der Waals surface area contributed by atoms with Gasteiger partial charge in [-0.25, -0.2) is 4.79 Å². The van der Waals surface area contributed by atoms with Crippen LogP contribution in [-0.4, -0.2) is 43.3 Å². The zero-order chi connectivity index (χ0) is 16.1. The van der Waals surface area contributed by atoms with Crippen LogP contribution in [0.4, 0.5) is 10.5 Å². The Hall–Kier alpha value is -1.75. The maximum atomic E-state index is 12.2. The van der Waals surface area contributed by atoms with E-state index in [1.54, 1.807) is 13.2 Å². The first kappa shape index (κ1) is 16.1. The highest BCUT2D eigenvalue weighted by atomic mass is 16.6. The van der Waals surface area contributed by atoms with Crippen LogP contribution in [0.2, 0.25) is 0 Å². The molecule has 1 amide bonds. The Bertz CT molecular complexity index is 529. The van der Waals surface area contributed by atoms with Crippen molar-refractivity contribution in [2.75, 3.05) is 25.5 Å². The van der Waals surface area contributed by atoms with Crippen LogP contribution in [0, 0.1) is 0 Å². The predicted molar refractivity (Wildman–Crippen MR) is 89.9 cm³/mol. The lowest BCUT2D eigenvalue weighted by molar-refractivity contribution is 0.0176. The monoisotopic (exact) mass is 318 g/mol. The number of benzene rings is 1. The highest BCUT2D eigenvalue weighted by Crippen LogP contribution is 2.28. The Morgan fingerprint density at radius 2 is 1.96 bits per heavy atom. The highest BCUT2D eigenvalue weighted by Gasteiger charge is 2.34. The molecule has 1 aromatic rings. The topological polar surface area (TPSA) is 50.8 Å². The lowest BCUT2D eigenvalue weighted by Gasteiger charge is -2.37. The van der Waals surface area contributed by atoms with Crippen LogP contribution in [0.5, 0.6) is 5.75 Å². The van der Waals surface area contributed by atoms with Crippen LogP contribution in [0.25, 0.3) is 0 Å². The molecule has 3 rings (SSSR count). The van der Waals surface area contributed by atoms with Crippen LogP contribution in [0.3, 0.4) is 0 Å². The zero-order valence-corrected chi connectivity index (χ0v) is 13.8. The quantitative estimate of drug-likeness (QED) is 0.920.